The predicted molar refractivity (Wildman–Crippen MR) is 170 cm³/mol. The molecule has 8 aromatic rings. The molecule has 5 aromatic carbocycles. The number of para-hydroxylation sites is 5. The van der Waals surface area contributed by atoms with Crippen LogP contribution < -0.4 is 4.90 Å². The molecule has 0 amide bonds. The van der Waals surface area contributed by atoms with Crippen molar-refractivity contribution in [3.05, 3.63) is 158 Å². The summed E-state index contributed by atoms with van der Waals surface area (Å²) >= 11 is 0. The zero-order valence-corrected chi connectivity index (χ0v) is 22.3. The molecule has 0 fully saturated rings. The highest BCUT2D eigenvalue weighted by molar-refractivity contribution is 6.11. The number of hydrogen-bond acceptors (Lipinski definition) is 2. The first kappa shape index (κ1) is 23.3. The Balaban J connectivity index is 1.50. The second-order valence-corrected chi connectivity index (χ2v) is 10.1. The molecule has 0 atom stereocenters. The molecule has 0 saturated heterocycles. The fourth-order valence-corrected chi connectivity index (χ4v) is 6.02. The molecule has 3 heterocycles. The van der Waals surface area contributed by atoms with Gasteiger partial charge in [0.1, 0.15) is 5.52 Å². The van der Waals surface area contributed by atoms with E-state index >= 15 is 0 Å². The minimum Gasteiger partial charge on any atom is -0.311 e. The van der Waals surface area contributed by atoms with Crippen LogP contribution in [-0.2, 0) is 0 Å². The molecule has 0 radical (unpaired) electrons. The number of anilines is 3. The normalized spacial score (nSPS) is 11.4. The lowest BCUT2D eigenvalue weighted by Crippen LogP contribution is -2.11. The summed E-state index contributed by atoms with van der Waals surface area (Å²) in [6.45, 7) is 0. The van der Waals surface area contributed by atoms with Gasteiger partial charge in [-0.05, 0) is 54.6 Å². The Bertz CT molecular complexity index is 2050. The molecular formula is C37H26N4. The Labute approximate surface area is 238 Å². The van der Waals surface area contributed by atoms with Crippen LogP contribution in [0.5, 0.6) is 0 Å². The maximum atomic E-state index is 5.06. The van der Waals surface area contributed by atoms with Crippen molar-refractivity contribution in [2.75, 3.05) is 4.90 Å². The van der Waals surface area contributed by atoms with Crippen LogP contribution in [0.2, 0.25) is 0 Å². The van der Waals surface area contributed by atoms with Gasteiger partial charge in [-0.3, -0.25) is 4.98 Å². The van der Waals surface area contributed by atoms with E-state index in [-0.39, 0.29) is 0 Å². The van der Waals surface area contributed by atoms with Gasteiger partial charge >= 0.3 is 0 Å². The van der Waals surface area contributed by atoms with E-state index in [0.29, 0.717) is 0 Å². The summed E-state index contributed by atoms with van der Waals surface area (Å²) < 4.78 is 4.65. The first-order valence-corrected chi connectivity index (χ1v) is 13.8. The molecule has 0 unspecified atom stereocenters. The van der Waals surface area contributed by atoms with E-state index in [4.69, 9.17) is 4.98 Å². The van der Waals surface area contributed by atoms with Crippen LogP contribution in [0.3, 0.4) is 0 Å². The average Bonchev–Trinajstić information content (AvgIpc) is 3.59. The minimum atomic E-state index is 0.940. The van der Waals surface area contributed by atoms with E-state index < -0.39 is 0 Å². The highest BCUT2D eigenvalue weighted by atomic mass is 15.2. The molecule has 0 saturated carbocycles. The van der Waals surface area contributed by atoms with Crippen molar-refractivity contribution in [1.82, 2.24) is 14.1 Å². The number of nitrogens with zero attached hydrogens (tertiary/aromatic N) is 4. The average molecular weight is 527 g/mol. The Morgan fingerprint density at radius 1 is 0.512 bits per heavy atom. The summed E-state index contributed by atoms with van der Waals surface area (Å²) in [5, 5.41) is 2.46. The Kier molecular flexibility index (Phi) is 5.42. The van der Waals surface area contributed by atoms with Crippen molar-refractivity contribution >= 4 is 49.9 Å². The lowest BCUT2D eigenvalue weighted by molar-refractivity contribution is 1.09. The van der Waals surface area contributed by atoms with Crippen LogP contribution in [-0.4, -0.2) is 14.1 Å². The SMILES string of the molecule is c1ccc(N(c2ccccc2)c2ccnc3c(-n4c5ccccc5c5ccccc54)cn(-c4ccccc4)c23)cc1. The summed E-state index contributed by atoms with van der Waals surface area (Å²) in [5.41, 5.74) is 9.67. The predicted octanol–water partition coefficient (Wildman–Crippen LogP) is 9.59. The number of fused-ring (bicyclic) bond motifs is 4. The molecule has 0 aliphatic carbocycles. The van der Waals surface area contributed by atoms with Crippen LogP contribution in [0.1, 0.15) is 0 Å². The zero-order valence-electron chi connectivity index (χ0n) is 22.3. The van der Waals surface area contributed by atoms with Gasteiger partial charge in [0.25, 0.3) is 0 Å². The standard InChI is InChI=1S/C37H26N4/c1-4-14-27(15-5-1)39-26-35(41-32-22-12-10-20-30(32)31-21-11-13-23-33(31)41)36-37(39)34(24-25-38-36)40(28-16-6-2-7-17-28)29-18-8-3-9-19-29/h1-26H. The third-order valence-corrected chi connectivity index (χ3v) is 7.76. The van der Waals surface area contributed by atoms with Crippen molar-refractivity contribution in [2.24, 2.45) is 0 Å². The molecule has 0 bridgehead atoms. The molecule has 194 valence electrons. The van der Waals surface area contributed by atoms with E-state index in [1.165, 1.54) is 10.8 Å². The van der Waals surface area contributed by atoms with Crippen molar-refractivity contribution in [3.8, 4) is 11.4 Å². The summed E-state index contributed by atoms with van der Waals surface area (Å²) in [7, 11) is 0. The topological polar surface area (TPSA) is 26.0 Å². The van der Waals surface area contributed by atoms with Crippen LogP contribution in [0.4, 0.5) is 17.1 Å². The number of rotatable bonds is 5. The van der Waals surface area contributed by atoms with E-state index in [1.54, 1.807) is 0 Å². The van der Waals surface area contributed by atoms with Gasteiger partial charge in [0.2, 0.25) is 0 Å². The molecule has 0 N–H and O–H groups in total. The largest absolute Gasteiger partial charge is 0.311 e. The number of hydrogen-bond donors (Lipinski definition) is 0. The van der Waals surface area contributed by atoms with Crippen molar-refractivity contribution in [3.63, 3.8) is 0 Å². The van der Waals surface area contributed by atoms with Crippen LogP contribution in [0, 0.1) is 0 Å². The molecule has 3 aromatic heterocycles. The molecule has 0 aliphatic heterocycles. The molecule has 4 nitrogen and oxygen atoms in total. The molecule has 0 spiro atoms. The monoisotopic (exact) mass is 526 g/mol. The summed E-state index contributed by atoms with van der Waals surface area (Å²) in [6, 6.07) is 51.0. The first-order valence-electron chi connectivity index (χ1n) is 13.8. The molecule has 4 heteroatoms. The maximum absolute atomic E-state index is 5.06. The smallest absolute Gasteiger partial charge is 0.115 e. The Morgan fingerprint density at radius 2 is 1.02 bits per heavy atom. The summed E-state index contributed by atoms with van der Waals surface area (Å²) in [6.07, 6.45) is 4.17. The fourth-order valence-electron chi connectivity index (χ4n) is 6.02. The maximum Gasteiger partial charge on any atom is 0.115 e. The van der Waals surface area contributed by atoms with E-state index in [1.807, 2.05) is 6.20 Å². The second-order valence-electron chi connectivity index (χ2n) is 10.1. The van der Waals surface area contributed by atoms with Gasteiger partial charge in [0.05, 0.1) is 27.9 Å². The highest BCUT2D eigenvalue weighted by Crippen LogP contribution is 2.42. The lowest BCUT2D eigenvalue weighted by atomic mass is 10.2. The van der Waals surface area contributed by atoms with Gasteiger partial charge in [0.15, 0.2) is 0 Å². The lowest BCUT2D eigenvalue weighted by Gasteiger charge is -2.26. The van der Waals surface area contributed by atoms with Gasteiger partial charge in [-0.15, -0.1) is 0 Å². The third kappa shape index (κ3) is 3.73. The van der Waals surface area contributed by atoms with Crippen LogP contribution in [0.15, 0.2) is 158 Å². The molecule has 41 heavy (non-hydrogen) atoms. The van der Waals surface area contributed by atoms with Gasteiger partial charge in [0, 0.05) is 40.2 Å². The van der Waals surface area contributed by atoms with Crippen molar-refractivity contribution in [1.29, 1.82) is 0 Å². The quantitative estimate of drug-likeness (QED) is 0.223. The molecular weight excluding hydrogens is 500 g/mol. The van der Waals surface area contributed by atoms with Gasteiger partial charge in [-0.1, -0.05) is 91.0 Å². The highest BCUT2D eigenvalue weighted by Gasteiger charge is 2.23. The first-order chi connectivity index (χ1) is 20.4. The van der Waals surface area contributed by atoms with E-state index in [9.17, 15) is 0 Å². The number of pyridine rings is 1. The molecule has 8 rings (SSSR count). The third-order valence-electron chi connectivity index (χ3n) is 7.76. The van der Waals surface area contributed by atoms with Gasteiger partial charge in [-0.2, -0.15) is 0 Å². The van der Waals surface area contributed by atoms with Crippen LogP contribution >= 0.6 is 0 Å². The van der Waals surface area contributed by atoms with Gasteiger partial charge < -0.3 is 14.0 Å². The van der Waals surface area contributed by atoms with Crippen LogP contribution in [0.25, 0.3) is 44.2 Å². The minimum absolute atomic E-state index is 0.940. The Hall–Kier alpha value is -5.61. The summed E-state index contributed by atoms with van der Waals surface area (Å²) in [5.74, 6) is 0. The van der Waals surface area contributed by atoms with Crippen molar-refractivity contribution in [2.45, 2.75) is 0 Å². The fraction of sp³-hybridized carbons (Fsp3) is 0. The number of aromatic nitrogens is 3. The summed E-state index contributed by atoms with van der Waals surface area (Å²) in [4.78, 5) is 7.38. The second kappa shape index (κ2) is 9.54. The molecule has 0 aliphatic rings. The van der Waals surface area contributed by atoms with E-state index in [0.717, 1.165) is 50.5 Å². The van der Waals surface area contributed by atoms with Gasteiger partial charge in [-0.25, -0.2) is 0 Å². The Morgan fingerprint density at radius 3 is 1.61 bits per heavy atom. The number of benzene rings is 5. The van der Waals surface area contributed by atoms with E-state index in [2.05, 4.69) is 166 Å². The zero-order chi connectivity index (χ0) is 27.2. The van der Waals surface area contributed by atoms with Crippen molar-refractivity contribution < 1.29 is 0 Å².